The highest BCUT2D eigenvalue weighted by molar-refractivity contribution is 5.81. The summed E-state index contributed by atoms with van der Waals surface area (Å²) in [5.41, 5.74) is 1.79. The third-order valence-corrected chi connectivity index (χ3v) is 3.29. The number of anilines is 1. The quantitative estimate of drug-likeness (QED) is 0.602. The fourth-order valence-electron chi connectivity index (χ4n) is 2.32. The van der Waals surface area contributed by atoms with E-state index in [-0.39, 0.29) is 0 Å². The molecule has 6 heteroatoms. The number of rotatable bonds is 2. The molecule has 0 saturated carbocycles. The SMILES string of the molecule is CNc1cn2ccnc2c(-n2ncc3ccccc32)n1. The van der Waals surface area contributed by atoms with Crippen molar-refractivity contribution < 1.29 is 0 Å². The normalized spacial score (nSPS) is 11.2. The molecule has 20 heavy (non-hydrogen) atoms. The minimum Gasteiger partial charge on any atom is -0.372 e. The monoisotopic (exact) mass is 264 g/mol. The van der Waals surface area contributed by atoms with Gasteiger partial charge in [0.2, 0.25) is 0 Å². The van der Waals surface area contributed by atoms with Crippen molar-refractivity contribution in [2.45, 2.75) is 0 Å². The molecule has 0 bridgehead atoms. The fraction of sp³-hybridized carbons (Fsp3) is 0.0714. The first-order valence-corrected chi connectivity index (χ1v) is 6.31. The molecule has 0 spiro atoms. The molecular weight excluding hydrogens is 252 g/mol. The number of benzene rings is 1. The first kappa shape index (κ1) is 11.0. The molecule has 3 aromatic heterocycles. The predicted molar refractivity (Wildman–Crippen MR) is 77.2 cm³/mol. The molecule has 0 atom stereocenters. The van der Waals surface area contributed by atoms with Crippen LogP contribution in [0.3, 0.4) is 0 Å². The van der Waals surface area contributed by atoms with Gasteiger partial charge < -0.3 is 9.72 Å². The maximum absolute atomic E-state index is 4.59. The van der Waals surface area contributed by atoms with Crippen LogP contribution < -0.4 is 5.32 Å². The summed E-state index contributed by atoms with van der Waals surface area (Å²) >= 11 is 0. The molecular formula is C14H12N6. The van der Waals surface area contributed by atoms with E-state index in [9.17, 15) is 0 Å². The van der Waals surface area contributed by atoms with Crippen molar-refractivity contribution >= 4 is 22.4 Å². The zero-order valence-electron chi connectivity index (χ0n) is 10.9. The first-order valence-electron chi connectivity index (χ1n) is 6.31. The van der Waals surface area contributed by atoms with Crippen molar-refractivity contribution in [3.8, 4) is 5.82 Å². The largest absolute Gasteiger partial charge is 0.372 e. The zero-order valence-corrected chi connectivity index (χ0v) is 10.9. The fourth-order valence-corrected chi connectivity index (χ4v) is 2.32. The summed E-state index contributed by atoms with van der Waals surface area (Å²) in [4.78, 5) is 8.96. The minimum atomic E-state index is 0.711. The van der Waals surface area contributed by atoms with Gasteiger partial charge in [0.25, 0.3) is 0 Å². The summed E-state index contributed by atoms with van der Waals surface area (Å²) in [5, 5.41) is 8.58. The van der Waals surface area contributed by atoms with Crippen LogP contribution in [0.1, 0.15) is 0 Å². The molecule has 0 aliphatic heterocycles. The molecule has 0 unspecified atom stereocenters. The minimum absolute atomic E-state index is 0.711. The topological polar surface area (TPSA) is 60.0 Å². The number of fused-ring (bicyclic) bond motifs is 2. The van der Waals surface area contributed by atoms with Crippen LogP contribution in [0.2, 0.25) is 0 Å². The molecule has 98 valence electrons. The van der Waals surface area contributed by atoms with Crippen molar-refractivity contribution in [3.05, 3.63) is 49.1 Å². The zero-order chi connectivity index (χ0) is 13.5. The van der Waals surface area contributed by atoms with Gasteiger partial charge >= 0.3 is 0 Å². The van der Waals surface area contributed by atoms with Gasteiger partial charge in [0.05, 0.1) is 17.9 Å². The van der Waals surface area contributed by atoms with Crippen molar-refractivity contribution in [2.24, 2.45) is 0 Å². The van der Waals surface area contributed by atoms with Crippen LogP contribution in [-0.2, 0) is 0 Å². The lowest BCUT2D eigenvalue weighted by Gasteiger charge is -2.07. The van der Waals surface area contributed by atoms with Gasteiger partial charge in [0, 0.05) is 24.8 Å². The number of imidazole rings is 1. The molecule has 4 aromatic rings. The van der Waals surface area contributed by atoms with E-state index in [1.165, 1.54) is 0 Å². The van der Waals surface area contributed by atoms with E-state index < -0.39 is 0 Å². The van der Waals surface area contributed by atoms with E-state index in [1.807, 2.05) is 59.0 Å². The van der Waals surface area contributed by atoms with E-state index in [0.717, 1.165) is 22.4 Å². The number of hydrogen-bond donors (Lipinski definition) is 1. The van der Waals surface area contributed by atoms with Crippen molar-refractivity contribution in [2.75, 3.05) is 12.4 Å². The Morgan fingerprint density at radius 3 is 3.00 bits per heavy atom. The van der Waals surface area contributed by atoms with Crippen LogP contribution in [0.4, 0.5) is 5.82 Å². The van der Waals surface area contributed by atoms with Crippen LogP contribution in [-0.4, -0.2) is 31.2 Å². The van der Waals surface area contributed by atoms with Crippen LogP contribution in [0.25, 0.3) is 22.4 Å². The second-order valence-electron chi connectivity index (χ2n) is 4.47. The molecule has 0 saturated heterocycles. The Labute approximate surface area is 114 Å². The maximum Gasteiger partial charge on any atom is 0.200 e. The Bertz CT molecular complexity index is 904. The van der Waals surface area contributed by atoms with E-state index in [0.29, 0.717) is 5.82 Å². The first-order chi connectivity index (χ1) is 9.86. The Balaban J connectivity index is 2.08. The Kier molecular flexibility index (Phi) is 2.23. The van der Waals surface area contributed by atoms with Gasteiger partial charge in [-0.05, 0) is 6.07 Å². The number of nitrogens with one attached hydrogen (secondary N) is 1. The van der Waals surface area contributed by atoms with Gasteiger partial charge in [-0.25, -0.2) is 14.6 Å². The highest BCUT2D eigenvalue weighted by Crippen LogP contribution is 2.20. The number of para-hydroxylation sites is 1. The predicted octanol–water partition coefficient (Wildman–Crippen LogP) is 2.11. The molecule has 4 rings (SSSR count). The van der Waals surface area contributed by atoms with E-state index in [4.69, 9.17) is 0 Å². The van der Waals surface area contributed by atoms with Crippen LogP contribution >= 0.6 is 0 Å². The van der Waals surface area contributed by atoms with Crippen molar-refractivity contribution in [1.82, 2.24) is 24.1 Å². The van der Waals surface area contributed by atoms with E-state index in [1.54, 1.807) is 6.20 Å². The lowest BCUT2D eigenvalue weighted by molar-refractivity contribution is 0.869. The highest BCUT2D eigenvalue weighted by Gasteiger charge is 2.12. The molecule has 1 aromatic carbocycles. The third-order valence-electron chi connectivity index (χ3n) is 3.29. The maximum atomic E-state index is 4.59. The third kappa shape index (κ3) is 1.48. The highest BCUT2D eigenvalue weighted by atomic mass is 15.3. The standard InChI is InChI=1S/C14H12N6/c1-15-12-9-19-7-6-16-13(19)14(18-12)20-11-5-3-2-4-10(11)8-17-20/h2-9,15H,1H3. The number of nitrogens with zero attached hydrogens (tertiary/aromatic N) is 5. The summed E-state index contributed by atoms with van der Waals surface area (Å²) in [6.45, 7) is 0. The van der Waals surface area contributed by atoms with Crippen LogP contribution in [0.5, 0.6) is 0 Å². The molecule has 1 N–H and O–H groups in total. The summed E-state index contributed by atoms with van der Waals surface area (Å²) in [6, 6.07) is 8.04. The van der Waals surface area contributed by atoms with Gasteiger partial charge in [-0.2, -0.15) is 5.10 Å². The lowest BCUT2D eigenvalue weighted by atomic mass is 10.2. The average Bonchev–Trinajstić information content (AvgIpc) is 3.12. The van der Waals surface area contributed by atoms with Crippen molar-refractivity contribution in [3.63, 3.8) is 0 Å². The molecule has 0 radical (unpaired) electrons. The molecule has 3 heterocycles. The Morgan fingerprint density at radius 2 is 2.10 bits per heavy atom. The molecule has 0 aliphatic rings. The van der Waals surface area contributed by atoms with E-state index >= 15 is 0 Å². The summed E-state index contributed by atoms with van der Waals surface area (Å²) in [5.74, 6) is 1.48. The summed E-state index contributed by atoms with van der Waals surface area (Å²) < 4.78 is 3.75. The lowest BCUT2D eigenvalue weighted by Crippen LogP contribution is -2.06. The van der Waals surface area contributed by atoms with Gasteiger partial charge in [-0.15, -0.1) is 0 Å². The van der Waals surface area contributed by atoms with E-state index in [2.05, 4.69) is 20.4 Å². The van der Waals surface area contributed by atoms with Gasteiger partial charge in [-0.3, -0.25) is 0 Å². The number of aromatic nitrogens is 5. The second-order valence-corrected chi connectivity index (χ2v) is 4.47. The second kappa shape index (κ2) is 4.06. The summed E-state index contributed by atoms with van der Waals surface area (Å²) in [7, 11) is 1.84. The van der Waals surface area contributed by atoms with Gasteiger partial charge in [0.15, 0.2) is 11.5 Å². The van der Waals surface area contributed by atoms with Gasteiger partial charge in [0.1, 0.15) is 5.82 Å². The number of hydrogen-bond acceptors (Lipinski definition) is 4. The van der Waals surface area contributed by atoms with Crippen molar-refractivity contribution in [1.29, 1.82) is 0 Å². The molecule has 0 fully saturated rings. The Morgan fingerprint density at radius 1 is 1.20 bits per heavy atom. The van der Waals surface area contributed by atoms with Gasteiger partial charge in [-0.1, -0.05) is 18.2 Å². The van der Waals surface area contributed by atoms with Crippen LogP contribution in [0.15, 0.2) is 49.1 Å². The van der Waals surface area contributed by atoms with Crippen LogP contribution in [0, 0.1) is 0 Å². The summed E-state index contributed by atoms with van der Waals surface area (Å²) in [6.07, 6.45) is 7.39. The molecule has 6 nitrogen and oxygen atoms in total. The Hall–Kier alpha value is -2.89. The molecule has 0 amide bonds. The average molecular weight is 264 g/mol. The smallest absolute Gasteiger partial charge is 0.200 e. The molecule has 0 aliphatic carbocycles.